The highest BCUT2D eigenvalue weighted by Gasteiger charge is 2.20. The average Bonchev–Trinajstić information content (AvgIpc) is 3.01. The highest BCUT2D eigenvalue weighted by molar-refractivity contribution is 7.16. The lowest BCUT2D eigenvalue weighted by Gasteiger charge is -2.06. The predicted octanol–water partition coefficient (Wildman–Crippen LogP) is 3.95. The number of nitrogens with zero attached hydrogens (tertiary/aromatic N) is 2. The van der Waals surface area contributed by atoms with E-state index in [9.17, 15) is 0 Å². The molecule has 1 saturated carbocycles. The fraction of sp³-hybridized carbons (Fsp3) is 0.500. The highest BCUT2D eigenvalue weighted by Crippen LogP contribution is 2.33. The molecule has 0 unspecified atom stereocenters. The fourth-order valence-electron chi connectivity index (χ4n) is 1.97. The summed E-state index contributed by atoms with van der Waals surface area (Å²) in [6.07, 6.45) is 5.39. The molecule has 0 aliphatic heterocycles. The van der Waals surface area contributed by atoms with Gasteiger partial charge in [0.15, 0.2) is 0 Å². The molecule has 1 aliphatic rings. The Kier molecular flexibility index (Phi) is 3.16. The van der Waals surface area contributed by atoms with Crippen LogP contribution in [-0.2, 0) is 0 Å². The van der Waals surface area contributed by atoms with Gasteiger partial charge in [-0.1, -0.05) is 12.8 Å². The second kappa shape index (κ2) is 4.78. The van der Waals surface area contributed by atoms with Crippen molar-refractivity contribution in [2.24, 2.45) is 5.92 Å². The SMILES string of the molecule is Clc1nc(NCCCC2CC2)c2ccsc2n1. The van der Waals surface area contributed by atoms with Crippen molar-refractivity contribution in [3.8, 4) is 0 Å². The smallest absolute Gasteiger partial charge is 0.225 e. The van der Waals surface area contributed by atoms with Crippen molar-refractivity contribution in [3.05, 3.63) is 16.7 Å². The van der Waals surface area contributed by atoms with Crippen molar-refractivity contribution in [1.82, 2.24) is 9.97 Å². The van der Waals surface area contributed by atoms with Gasteiger partial charge in [0.2, 0.25) is 5.28 Å². The van der Waals surface area contributed by atoms with Crippen LogP contribution in [0.3, 0.4) is 0 Å². The first-order valence-corrected chi connectivity index (χ1v) is 7.23. The van der Waals surface area contributed by atoms with Crippen LogP contribution in [0.1, 0.15) is 25.7 Å². The summed E-state index contributed by atoms with van der Waals surface area (Å²) in [6, 6.07) is 2.04. The number of halogens is 1. The summed E-state index contributed by atoms with van der Waals surface area (Å²) in [5.41, 5.74) is 0. The molecule has 1 N–H and O–H groups in total. The van der Waals surface area contributed by atoms with Gasteiger partial charge in [-0.05, 0) is 41.8 Å². The van der Waals surface area contributed by atoms with E-state index >= 15 is 0 Å². The number of nitrogens with one attached hydrogen (secondary N) is 1. The lowest BCUT2D eigenvalue weighted by atomic mass is 10.2. The van der Waals surface area contributed by atoms with Gasteiger partial charge >= 0.3 is 0 Å². The number of hydrogen-bond acceptors (Lipinski definition) is 4. The molecule has 0 spiro atoms. The first-order chi connectivity index (χ1) is 8.33. The molecule has 0 amide bonds. The number of rotatable bonds is 5. The third-order valence-electron chi connectivity index (χ3n) is 3.08. The standard InChI is InChI=1S/C12H14ClN3S/c13-12-15-10(9-5-7-17-11(9)16-12)14-6-1-2-8-3-4-8/h5,7-8H,1-4,6H2,(H,14,15,16). The lowest BCUT2D eigenvalue weighted by molar-refractivity contribution is 0.687. The van der Waals surface area contributed by atoms with Gasteiger partial charge in [0.25, 0.3) is 0 Å². The van der Waals surface area contributed by atoms with E-state index in [-0.39, 0.29) is 0 Å². The molecule has 3 rings (SSSR count). The van der Waals surface area contributed by atoms with Crippen LogP contribution < -0.4 is 5.32 Å². The number of thiophene rings is 1. The van der Waals surface area contributed by atoms with Gasteiger partial charge in [-0.15, -0.1) is 11.3 Å². The summed E-state index contributed by atoms with van der Waals surface area (Å²) in [7, 11) is 0. The molecule has 0 saturated heterocycles. The number of aromatic nitrogens is 2. The van der Waals surface area contributed by atoms with E-state index in [1.54, 1.807) is 11.3 Å². The normalized spacial score (nSPS) is 15.4. The highest BCUT2D eigenvalue weighted by atomic mass is 35.5. The monoisotopic (exact) mass is 267 g/mol. The molecule has 2 aromatic rings. The molecule has 90 valence electrons. The number of fused-ring (bicyclic) bond motifs is 1. The van der Waals surface area contributed by atoms with Gasteiger partial charge in [0.05, 0.1) is 5.39 Å². The molecule has 3 nitrogen and oxygen atoms in total. The second-order valence-electron chi connectivity index (χ2n) is 4.49. The van der Waals surface area contributed by atoms with Crippen LogP contribution in [0.2, 0.25) is 5.28 Å². The summed E-state index contributed by atoms with van der Waals surface area (Å²) in [5, 5.41) is 6.79. The minimum atomic E-state index is 0.324. The van der Waals surface area contributed by atoms with E-state index in [0.717, 1.165) is 28.5 Å². The number of anilines is 1. The summed E-state index contributed by atoms with van der Waals surface area (Å²) in [6.45, 7) is 0.967. The molecule has 0 aromatic carbocycles. The van der Waals surface area contributed by atoms with E-state index in [0.29, 0.717) is 5.28 Å². The Bertz CT molecular complexity index is 521. The van der Waals surface area contributed by atoms with Crippen LogP contribution in [0.15, 0.2) is 11.4 Å². The minimum absolute atomic E-state index is 0.324. The fourth-order valence-corrected chi connectivity index (χ4v) is 2.95. The van der Waals surface area contributed by atoms with Crippen molar-refractivity contribution >= 4 is 39.0 Å². The van der Waals surface area contributed by atoms with Crippen molar-refractivity contribution in [2.75, 3.05) is 11.9 Å². The molecule has 2 heterocycles. The molecule has 0 bridgehead atoms. The van der Waals surface area contributed by atoms with Gasteiger partial charge in [0, 0.05) is 6.54 Å². The maximum atomic E-state index is 5.90. The quantitative estimate of drug-likeness (QED) is 0.658. The van der Waals surface area contributed by atoms with Crippen LogP contribution in [-0.4, -0.2) is 16.5 Å². The second-order valence-corrected chi connectivity index (χ2v) is 5.73. The third kappa shape index (κ3) is 2.69. The van der Waals surface area contributed by atoms with Crippen molar-refractivity contribution < 1.29 is 0 Å². The Morgan fingerprint density at radius 1 is 1.41 bits per heavy atom. The largest absolute Gasteiger partial charge is 0.369 e. The Balaban J connectivity index is 1.67. The maximum Gasteiger partial charge on any atom is 0.225 e. The van der Waals surface area contributed by atoms with Crippen LogP contribution in [0.4, 0.5) is 5.82 Å². The Hall–Kier alpha value is -0.870. The number of hydrogen-bond donors (Lipinski definition) is 1. The van der Waals surface area contributed by atoms with E-state index in [1.807, 2.05) is 11.4 Å². The van der Waals surface area contributed by atoms with Crippen molar-refractivity contribution in [1.29, 1.82) is 0 Å². The van der Waals surface area contributed by atoms with Crippen LogP contribution in [0.25, 0.3) is 10.2 Å². The Morgan fingerprint density at radius 2 is 2.29 bits per heavy atom. The summed E-state index contributed by atoms with van der Waals surface area (Å²) < 4.78 is 0. The average molecular weight is 268 g/mol. The molecule has 5 heteroatoms. The summed E-state index contributed by atoms with van der Waals surface area (Å²) in [5.74, 6) is 1.86. The topological polar surface area (TPSA) is 37.8 Å². The predicted molar refractivity (Wildman–Crippen MR) is 72.9 cm³/mol. The molecular weight excluding hydrogens is 254 g/mol. The zero-order valence-corrected chi connectivity index (χ0v) is 11.0. The summed E-state index contributed by atoms with van der Waals surface area (Å²) >= 11 is 7.49. The molecule has 2 aromatic heterocycles. The summed E-state index contributed by atoms with van der Waals surface area (Å²) in [4.78, 5) is 9.40. The van der Waals surface area contributed by atoms with Crippen LogP contribution >= 0.6 is 22.9 Å². The van der Waals surface area contributed by atoms with E-state index in [2.05, 4.69) is 15.3 Å². The van der Waals surface area contributed by atoms with E-state index in [1.165, 1.54) is 25.7 Å². The first-order valence-electron chi connectivity index (χ1n) is 5.97. The minimum Gasteiger partial charge on any atom is -0.369 e. The lowest BCUT2D eigenvalue weighted by Crippen LogP contribution is -2.04. The van der Waals surface area contributed by atoms with Crippen LogP contribution in [0, 0.1) is 5.92 Å². The molecule has 0 radical (unpaired) electrons. The molecule has 1 aliphatic carbocycles. The van der Waals surface area contributed by atoms with Gasteiger partial charge in [-0.25, -0.2) is 9.97 Å². The van der Waals surface area contributed by atoms with Crippen molar-refractivity contribution in [3.63, 3.8) is 0 Å². The van der Waals surface area contributed by atoms with Gasteiger partial charge in [0.1, 0.15) is 10.6 Å². The Morgan fingerprint density at radius 3 is 3.12 bits per heavy atom. The third-order valence-corrected chi connectivity index (χ3v) is 4.05. The van der Waals surface area contributed by atoms with Gasteiger partial charge in [-0.2, -0.15) is 0 Å². The van der Waals surface area contributed by atoms with E-state index < -0.39 is 0 Å². The zero-order valence-electron chi connectivity index (χ0n) is 9.45. The van der Waals surface area contributed by atoms with Crippen molar-refractivity contribution in [2.45, 2.75) is 25.7 Å². The van der Waals surface area contributed by atoms with Crippen LogP contribution in [0.5, 0.6) is 0 Å². The molecule has 0 atom stereocenters. The van der Waals surface area contributed by atoms with E-state index in [4.69, 9.17) is 11.6 Å². The van der Waals surface area contributed by atoms with Gasteiger partial charge in [-0.3, -0.25) is 0 Å². The maximum absolute atomic E-state index is 5.90. The molecule has 17 heavy (non-hydrogen) atoms. The zero-order chi connectivity index (χ0) is 11.7. The molecular formula is C12H14ClN3S. The molecule has 1 fully saturated rings. The van der Waals surface area contributed by atoms with Gasteiger partial charge < -0.3 is 5.32 Å². The Labute approximate surface area is 109 Å². The first kappa shape index (κ1) is 11.2.